The molecule has 5 nitrogen and oxygen atoms in total. The number of ketones is 1. The van der Waals surface area contributed by atoms with Crippen LogP contribution in [0.25, 0.3) is 0 Å². The molecular formula is C22H21ClFN3O2S. The molecule has 0 bridgehead atoms. The monoisotopic (exact) mass is 445 g/mol. The van der Waals surface area contributed by atoms with Gasteiger partial charge in [-0.3, -0.25) is 4.79 Å². The first-order chi connectivity index (χ1) is 14.3. The molecule has 2 aromatic heterocycles. The number of carbonyl (C=O) groups excluding carboxylic acids is 1. The topological polar surface area (TPSA) is 75.1 Å². The summed E-state index contributed by atoms with van der Waals surface area (Å²) < 4.78 is 14.9. The van der Waals surface area contributed by atoms with Gasteiger partial charge in [0.2, 0.25) is 5.78 Å². The molecule has 8 heteroatoms. The summed E-state index contributed by atoms with van der Waals surface area (Å²) in [7, 11) is 0. The lowest BCUT2D eigenvalue weighted by Gasteiger charge is -2.17. The highest BCUT2D eigenvalue weighted by Gasteiger charge is 2.43. The smallest absolute Gasteiger partial charge is 0.208 e. The van der Waals surface area contributed by atoms with Crippen molar-refractivity contribution < 1.29 is 14.3 Å². The molecule has 0 spiro atoms. The van der Waals surface area contributed by atoms with Crippen LogP contribution in [0, 0.1) is 0 Å². The van der Waals surface area contributed by atoms with Gasteiger partial charge in [0.1, 0.15) is 17.8 Å². The van der Waals surface area contributed by atoms with Crippen LogP contribution in [-0.2, 0) is 6.42 Å². The van der Waals surface area contributed by atoms with Gasteiger partial charge in [-0.25, -0.2) is 14.4 Å². The summed E-state index contributed by atoms with van der Waals surface area (Å²) in [6, 6.07) is 11.4. The molecule has 2 N–H and O–H groups in total. The van der Waals surface area contributed by atoms with Crippen molar-refractivity contribution in [1.29, 1.82) is 0 Å². The maximum absolute atomic E-state index is 14.3. The van der Waals surface area contributed by atoms with Crippen LogP contribution in [0.2, 0.25) is 4.34 Å². The number of benzene rings is 1. The number of anilines is 1. The standard InChI is InChI=1S/C22H21ClFN3O2S/c1-22(24)10-15(9-18(22)28)27-21-16(11-25-12-26-21)19(29)17-8-14(20(23)30-17)7-13-5-3-2-4-6-13/h2-6,8,11-12,15,18,28H,7,9-10H2,1H3,(H,25,26,27)/t15-,18-,22+/m1/s1. The fraction of sp³-hybridized carbons (Fsp3) is 0.318. The molecule has 1 aliphatic carbocycles. The van der Waals surface area contributed by atoms with Gasteiger partial charge in [-0.15, -0.1) is 11.3 Å². The van der Waals surface area contributed by atoms with E-state index < -0.39 is 11.8 Å². The normalized spacial score (nSPS) is 23.5. The fourth-order valence-electron chi connectivity index (χ4n) is 3.72. The van der Waals surface area contributed by atoms with E-state index in [9.17, 15) is 14.3 Å². The van der Waals surface area contributed by atoms with Crippen LogP contribution >= 0.6 is 22.9 Å². The van der Waals surface area contributed by atoms with E-state index in [1.807, 2.05) is 30.3 Å². The first-order valence-electron chi connectivity index (χ1n) is 9.64. The number of thiophene rings is 1. The predicted octanol–water partition coefficient (Wildman–Crippen LogP) is 4.68. The van der Waals surface area contributed by atoms with Crippen molar-refractivity contribution in [2.75, 3.05) is 5.32 Å². The number of nitrogens with zero attached hydrogens (tertiary/aromatic N) is 2. The third kappa shape index (κ3) is 4.38. The van der Waals surface area contributed by atoms with Crippen molar-refractivity contribution in [3.63, 3.8) is 0 Å². The van der Waals surface area contributed by atoms with Crippen molar-refractivity contribution in [2.45, 2.75) is 44.0 Å². The lowest BCUT2D eigenvalue weighted by atomic mass is 10.1. The summed E-state index contributed by atoms with van der Waals surface area (Å²) in [6.07, 6.45) is 2.75. The minimum Gasteiger partial charge on any atom is -0.390 e. The molecule has 0 amide bonds. The Morgan fingerprint density at radius 3 is 2.87 bits per heavy atom. The molecule has 1 saturated carbocycles. The van der Waals surface area contributed by atoms with Gasteiger partial charge in [0.15, 0.2) is 0 Å². The van der Waals surface area contributed by atoms with E-state index in [0.29, 0.717) is 27.0 Å². The van der Waals surface area contributed by atoms with Crippen LogP contribution in [0.5, 0.6) is 0 Å². The van der Waals surface area contributed by atoms with E-state index in [1.165, 1.54) is 30.8 Å². The molecule has 0 radical (unpaired) electrons. The summed E-state index contributed by atoms with van der Waals surface area (Å²) in [6.45, 7) is 1.38. The Bertz CT molecular complexity index is 1060. The number of alkyl halides is 1. The first-order valence-corrected chi connectivity index (χ1v) is 10.8. The van der Waals surface area contributed by atoms with E-state index in [4.69, 9.17) is 11.6 Å². The van der Waals surface area contributed by atoms with E-state index >= 15 is 0 Å². The third-order valence-corrected chi connectivity index (χ3v) is 6.80. The zero-order valence-electron chi connectivity index (χ0n) is 16.3. The van der Waals surface area contributed by atoms with E-state index in [0.717, 1.165) is 11.1 Å². The van der Waals surface area contributed by atoms with Gasteiger partial charge < -0.3 is 10.4 Å². The minimum absolute atomic E-state index is 0.137. The highest BCUT2D eigenvalue weighted by molar-refractivity contribution is 7.18. The summed E-state index contributed by atoms with van der Waals surface area (Å²) in [5.74, 6) is 0.0879. The van der Waals surface area contributed by atoms with Gasteiger partial charge in [0, 0.05) is 18.7 Å². The van der Waals surface area contributed by atoms with Crippen LogP contribution < -0.4 is 5.32 Å². The molecule has 4 rings (SSSR count). The van der Waals surface area contributed by atoms with Crippen molar-refractivity contribution >= 4 is 34.5 Å². The molecule has 0 unspecified atom stereocenters. The maximum atomic E-state index is 14.3. The van der Waals surface area contributed by atoms with Gasteiger partial charge in [-0.05, 0) is 37.0 Å². The van der Waals surface area contributed by atoms with Crippen molar-refractivity contribution in [3.05, 3.63) is 74.8 Å². The number of carbonyl (C=O) groups is 1. The second kappa shape index (κ2) is 8.41. The third-order valence-electron chi connectivity index (χ3n) is 5.36. The average Bonchev–Trinajstić information content (AvgIpc) is 3.20. The number of hydrogen-bond donors (Lipinski definition) is 2. The SMILES string of the molecule is C[C@]1(F)C[C@H](Nc2ncncc2C(=O)c2cc(Cc3ccccc3)c(Cl)s2)C[C@H]1O. The van der Waals surface area contributed by atoms with Gasteiger partial charge in [-0.2, -0.15) is 0 Å². The molecule has 30 heavy (non-hydrogen) atoms. The first kappa shape index (κ1) is 20.9. The van der Waals surface area contributed by atoms with Crippen molar-refractivity contribution in [1.82, 2.24) is 9.97 Å². The van der Waals surface area contributed by atoms with Crippen LogP contribution in [0.1, 0.15) is 46.1 Å². The van der Waals surface area contributed by atoms with Gasteiger partial charge in [0.05, 0.1) is 20.9 Å². The van der Waals surface area contributed by atoms with Gasteiger partial charge >= 0.3 is 0 Å². The highest BCUT2D eigenvalue weighted by atomic mass is 35.5. The second-order valence-corrected chi connectivity index (χ2v) is 9.42. The Labute approximate surface area is 183 Å². The Kier molecular flexibility index (Phi) is 5.86. The molecule has 2 heterocycles. The number of halogens is 2. The molecule has 1 aliphatic rings. The largest absolute Gasteiger partial charge is 0.390 e. The van der Waals surface area contributed by atoms with Crippen LogP contribution in [0.4, 0.5) is 10.2 Å². The summed E-state index contributed by atoms with van der Waals surface area (Å²) in [5, 5.41) is 13.0. The molecular weight excluding hydrogens is 425 g/mol. The zero-order valence-corrected chi connectivity index (χ0v) is 17.9. The maximum Gasteiger partial charge on any atom is 0.208 e. The molecule has 1 fully saturated rings. The number of nitrogens with one attached hydrogen (secondary N) is 1. The summed E-state index contributed by atoms with van der Waals surface area (Å²) in [5.41, 5.74) is 0.622. The average molecular weight is 446 g/mol. The Balaban J connectivity index is 1.55. The molecule has 3 aromatic rings. The van der Waals surface area contributed by atoms with Crippen molar-refractivity contribution in [2.24, 2.45) is 0 Å². The quantitative estimate of drug-likeness (QED) is 0.539. The Hall–Kier alpha value is -2.35. The van der Waals surface area contributed by atoms with E-state index in [-0.39, 0.29) is 24.7 Å². The number of rotatable bonds is 6. The highest BCUT2D eigenvalue weighted by Crippen LogP contribution is 2.36. The fourth-order valence-corrected chi connectivity index (χ4v) is 4.95. The van der Waals surface area contributed by atoms with E-state index in [1.54, 1.807) is 6.07 Å². The van der Waals surface area contributed by atoms with Crippen LogP contribution in [0.3, 0.4) is 0 Å². The van der Waals surface area contributed by atoms with Gasteiger partial charge in [-0.1, -0.05) is 41.9 Å². The second-order valence-electron chi connectivity index (χ2n) is 7.76. The molecule has 1 aromatic carbocycles. The number of aromatic nitrogens is 2. The molecule has 156 valence electrons. The minimum atomic E-state index is -1.66. The van der Waals surface area contributed by atoms with Gasteiger partial charge in [0.25, 0.3) is 0 Å². The number of hydrogen-bond acceptors (Lipinski definition) is 6. The van der Waals surface area contributed by atoms with Crippen LogP contribution in [0.15, 0.2) is 48.9 Å². The van der Waals surface area contributed by atoms with E-state index in [2.05, 4.69) is 15.3 Å². The zero-order chi connectivity index (χ0) is 21.3. The van der Waals surface area contributed by atoms with Crippen LogP contribution in [-0.4, -0.2) is 38.7 Å². The van der Waals surface area contributed by atoms with Crippen molar-refractivity contribution in [3.8, 4) is 0 Å². The summed E-state index contributed by atoms with van der Waals surface area (Å²) in [4.78, 5) is 21.8. The Morgan fingerprint density at radius 2 is 2.17 bits per heavy atom. The molecule has 0 aliphatic heterocycles. The number of aliphatic hydroxyl groups excluding tert-OH is 1. The molecule has 0 saturated heterocycles. The lowest BCUT2D eigenvalue weighted by molar-refractivity contribution is 0.0308. The number of aliphatic hydroxyl groups is 1. The predicted molar refractivity (Wildman–Crippen MR) is 116 cm³/mol. The molecule has 3 atom stereocenters. The Morgan fingerprint density at radius 1 is 1.40 bits per heavy atom. The summed E-state index contributed by atoms with van der Waals surface area (Å²) >= 11 is 7.62. The lowest BCUT2D eigenvalue weighted by Crippen LogP contribution is -2.28.